The number of nitrogens with zero attached hydrogens (tertiary/aromatic N) is 1. The van der Waals surface area contributed by atoms with E-state index in [2.05, 4.69) is 58.0 Å². The monoisotopic (exact) mass is 415 g/mol. The molecular formula is C26H29N3O2. The molecule has 160 valence electrons. The molecule has 3 aromatic carbocycles. The second-order valence-corrected chi connectivity index (χ2v) is 7.89. The number of likely N-dealkylation sites (tertiary alicyclic amines) is 1. The number of methoxy groups -OCH3 is 1. The third kappa shape index (κ3) is 5.64. The molecule has 5 heteroatoms. The molecule has 1 saturated heterocycles. The van der Waals surface area contributed by atoms with Gasteiger partial charge < -0.3 is 15.4 Å². The van der Waals surface area contributed by atoms with Gasteiger partial charge in [-0.3, -0.25) is 4.90 Å². The van der Waals surface area contributed by atoms with Gasteiger partial charge >= 0.3 is 6.03 Å². The molecule has 2 N–H and O–H groups in total. The Hall–Kier alpha value is -3.31. The first kappa shape index (κ1) is 20.9. The van der Waals surface area contributed by atoms with Crippen LogP contribution in [0.2, 0.25) is 0 Å². The summed E-state index contributed by atoms with van der Waals surface area (Å²) in [6, 6.07) is 26.8. The van der Waals surface area contributed by atoms with E-state index in [4.69, 9.17) is 4.74 Å². The number of hydrogen-bond acceptors (Lipinski definition) is 3. The largest absolute Gasteiger partial charge is 0.497 e. The van der Waals surface area contributed by atoms with E-state index in [1.165, 1.54) is 24.0 Å². The lowest BCUT2D eigenvalue weighted by Gasteiger charge is -2.25. The molecule has 1 heterocycles. The maximum absolute atomic E-state index is 12.2. The van der Waals surface area contributed by atoms with E-state index in [9.17, 15) is 4.79 Å². The number of anilines is 1. The van der Waals surface area contributed by atoms with Gasteiger partial charge in [-0.15, -0.1) is 0 Å². The molecule has 0 aliphatic carbocycles. The van der Waals surface area contributed by atoms with Crippen LogP contribution in [0.15, 0.2) is 78.9 Å². The van der Waals surface area contributed by atoms with Crippen LogP contribution in [0.5, 0.6) is 5.75 Å². The van der Waals surface area contributed by atoms with Crippen molar-refractivity contribution in [2.45, 2.75) is 32.0 Å². The van der Waals surface area contributed by atoms with Crippen LogP contribution in [0.4, 0.5) is 10.5 Å². The molecule has 0 aromatic heterocycles. The van der Waals surface area contributed by atoms with Crippen molar-refractivity contribution in [2.75, 3.05) is 19.0 Å². The molecule has 0 radical (unpaired) electrons. The third-order valence-electron chi connectivity index (χ3n) is 5.76. The van der Waals surface area contributed by atoms with Crippen molar-refractivity contribution in [3.05, 3.63) is 95.6 Å². The summed E-state index contributed by atoms with van der Waals surface area (Å²) in [5.41, 5.74) is 4.46. The minimum Gasteiger partial charge on any atom is -0.497 e. The Balaban J connectivity index is 1.28. The first-order valence-corrected chi connectivity index (χ1v) is 10.8. The number of hydrogen-bond donors (Lipinski definition) is 2. The standard InChI is InChI=1S/C26H29N3O2/c1-31-24-15-11-20(12-16-24)18-27-26(30)28-23-13-9-21(10-14-23)19-29-17-5-8-25(29)22-6-3-2-4-7-22/h2-4,6-7,9-16,25H,5,8,17-19H2,1H3,(H2,27,28,30)/t25-/m0/s1. The second kappa shape index (κ2) is 10.1. The highest BCUT2D eigenvalue weighted by atomic mass is 16.5. The Morgan fingerprint density at radius 2 is 1.68 bits per heavy atom. The van der Waals surface area contributed by atoms with Crippen LogP contribution >= 0.6 is 0 Å². The Morgan fingerprint density at radius 3 is 2.39 bits per heavy atom. The number of benzene rings is 3. The van der Waals surface area contributed by atoms with Crippen molar-refractivity contribution in [2.24, 2.45) is 0 Å². The van der Waals surface area contributed by atoms with Gasteiger partial charge in [-0.1, -0.05) is 54.6 Å². The molecule has 2 amide bonds. The number of carbonyl (C=O) groups is 1. The quantitative estimate of drug-likeness (QED) is 0.547. The van der Waals surface area contributed by atoms with Crippen LogP contribution in [0, 0.1) is 0 Å². The molecule has 0 unspecified atom stereocenters. The molecule has 0 bridgehead atoms. The highest BCUT2D eigenvalue weighted by Crippen LogP contribution is 2.33. The normalized spacial score (nSPS) is 16.1. The fraction of sp³-hybridized carbons (Fsp3) is 0.269. The zero-order chi connectivity index (χ0) is 21.5. The second-order valence-electron chi connectivity index (χ2n) is 7.89. The van der Waals surface area contributed by atoms with Crippen LogP contribution in [-0.4, -0.2) is 24.6 Å². The maximum atomic E-state index is 12.2. The average Bonchev–Trinajstić information content (AvgIpc) is 3.28. The molecule has 1 aliphatic heterocycles. The van der Waals surface area contributed by atoms with Gasteiger partial charge in [0.05, 0.1) is 7.11 Å². The lowest BCUT2D eigenvalue weighted by Crippen LogP contribution is -2.28. The molecule has 3 aromatic rings. The van der Waals surface area contributed by atoms with Crippen LogP contribution in [0.25, 0.3) is 0 Å². The topological polar surface area (TPSA) is 53.6 Å². The summed E-state index contributed by atoms with van der Waals surface area (Å²) in [5, 5.41) is 5.78. The number of rotatable bonds is 7. The van der Waals surface area contributed by atoms with E-state index in [0.29, 0.717) is 12.6 Å². The van der Waals surface area contributed by atoms with Crippen LogP contribution in [0.3, 0.4) is 0 Å². The van der Waals surface area contributed by atoms with Crippen molar-refractivity contribution in [1.29, 1.82) is 0 Å². The first-order valence-electron chi connectivity index (χ1n) is 10.8. The molecule has 1 atom stereocenters. The Labute approximate surface area is 184 Å². The number of urea groups is 1. The minimum absolute atomic E-state index is 0.216. The molecule has 0 saturated carbocycles. The predicted octanol–water partition coefficient (Wildman–Crippen LogP) is 5.35. The molecule has 0 spiro atoms. The highest BCUT2D eigenvalue weighted by molar-refractivity contribution is 5.89. The van der Waals surface area contributed by atoms with Gasteiger partial charge in [0.15, 0.2) is 0 Å². The van der Waals surface area contributed by atoms with E-state index in [1.54, 1.807) is 7.11 Å². The van der Waals surface area contributed by atoms with Crippen LogP contribution in [0.1, 0.15) is 35.6 Å². The highest BCUT2D eigenvalue weighted by Gasteiger charge is 2.25. The number of amides is 2. The fourth-order valence-electron chi connectivity index (χ4n) is 4.10. The SMILES string of the molecule is COc1ccc(CNC(=O)Nc2ccc(CN3CCC[C@H]3c3ccccc3)cc2)cc1. The summed E-state index contributed by atoms with van der Waals surface area (Å²) in [7, 11) is 1.64. The fourth-order valence-corrected chi connectivity index (χ4v) is 4.10. The van der Waals surface area contributed by atoms with Gasteiger partial charge in [-0.2, -0.15) is 0 Å². The van der Waals surface area contributed by atoms with Gasteiger partial charge in [0.2, 0.25) is 0 Å². The summed E-state index contributed by atoms with van der Waals surface area (Å²) in [6.45, 7) is 2.50. The summed E-state index contributed by atoms with van der Waals surface area (Å²) < 4.78 is 5.15. The third-order valence-corrected chi connectivity index (χ3v) is 5.76. The first-order chi connectivity index (χ1) is 15.2. The summed E-state index contributed by atoms with van der Waals surface area (Å²) >= 11 is 0. The maximum Gasteiger partial charge on any atom is 0.319 e. The molecule has 5 nitrogen and oxygen atoms in total. The molecular weight excluding hydrogens is 386 g/mol. The van der Waals surface area contributed by atoms with E-state index in [1.807, 2.05) is 36.4 Å². The average molecular weight is 416 g/mol. The van der Waals surface area contributed by atoms with E-state index < -0.39 is 0 Å². The van der Waals surface area contributed by atoms with Crippen LogP contribution in [-0.2, 0) is 13.1 Å². The summed E-state index contributed by atoms with van der Waals surface area (Å²) in [5.74, 6) is 0.803. The molecule has 1 aliphatic rings. The minimum atomic E-state index is -0.216. The Kier molecular flexibility index (Phi) is 6.85. The van der Waals surface area contributed by atoms with E-state index >= 15 is 0 Å². The van der Waals surface area contributed by atoms with Crippen molar-refractivity contribution >= 4 is 11.7 Å². The number of ether oxygens (including phenoxy) is 1. The van der Waals surface area contributed by atoms with Gasteiger partial charge in [-0.05, 0) is 60.3 Å². The van der Waals surface area contributed by atoms with E-state index in [0.717, 1.165) is 30.1 Å². The van der Waals surface area contributed by atoms with E-state index in [-0.39, 0.29) is 6.03 Å². The molecule has 1 fully saturated rings. The zero-order valence-electron chi connectivity index (χ0n) is 17.9. The lowest BCUT2D eigenvalue weighted by atomic mass is 10.0. The lowest BCUT2D eigenvalue weighted by molar-refractivity contribution is 0.248. The van der Waals surface area contributed by atoms with Gasteiger partial charge in [0, 0.05) is 24.8 Å². The van der Waals surface area contributed by atoms with Crippen molar-refractivity contribution in [1.82, 2.24) is 10.2 Å². The Bertz CT molecular complexity index is 972. The molecule has 31 heavy (non-hydrogen) atoms. The summed E-state index contributed by atoms with van der Waals surface area (Å²) in [6.07, 6.45) is 2.44. The van der Waals surface area contributed by atoms with Gasteiger partial charge in [0.25, 0.3) is 0 Å². The van der Waals surface area contributed by atoms with Crippen molar-refractivity contribution < 1.29 is 9.53 Å². The number of nitrogens with one attached hydrogen (secondary N) is 2. The van der Waals surface area contributed by atoms with Crippen molar-refractivity contribution in [3.63, 3.8) is 0 Å². The summed E-state index contributed by atoms with van der Waals surface area (Å²) in [4.78, 5) is 14.8. The molecule has 4 rings (SSSR count). The van der Waals surface area contributed by atoms with Gasteiger partial charge in [-0.25, -0.2) is 4.79 Å². The van der Waals surface area contributed by atoms with Crippen LogP contribution < -0.4 is 15.4 Å². The van der Waals surface area contributed by atoms with Crippen molar-refractivity contribution in [3.8, 4) is 5.75 Å². The smallest absolute Gasteiger partial charge is 0.319 e. The predicted molar refractivity (Wildman–Crippen MR) is 124 cm³/mol. The Morgan fingerprint density at radius 1 is 0.968 bits per heavy atom. The zero-order valence-corrected chi connectivity index (χ0v) is 17.9. The number of carbonyl (C=O) groups excluding carboxylic acids is 1. The van der Waals surface area contributed by atoms with Gasteiger partial charge in [0.1, 0.15) is 5.75 Å².